The van der Waals surface area contributed by atoms with Gasteiger partial charge in [-0.25, -0.2) is 0 Å². The van der Waals surface area contributed by atoms with Crippen molar-refractivity contribution < 1.29 is 9.53 Å². The molecule has 0 aromatic carbocycles. The molecule has 0 fully saturated rings. The molecule has 3 heteroatoms. The average Bonchev–Trinajstić information content (AvgIpc) is 2.03. The Bertz CT molecular complexity index is 183. The quantitative estimate of drug-likeness (QED) is 0.575. The first kappa shape index (κ1) is 12.9. The van der Waals surface area contributed by atoms with E-state index < -0.39 is 0 Å². The fourth-order valence-corrected chi connectivity index (χ4v) is 1.35. The molecule has 0 bridgehead atoms. The highest BCUT2D eigenvalue weighted by atomic mass is 127. The number of hydrogen-bond acceptors (Lipinski definition) is 2. The first-order chi connectivity index (χ1) is 6.06. The van der Waals surface area contributed by atoms with Gasteiger partial charge in [0.15, 0.2) is 0 Å². The molecule has 0 spiro atoms. The lowest BCUT2D eigenvalue weighted by Crippen LogP contribution is -2.06. The molecule has 0 heterocycles. The minimum Gasteiger partial charge on any atom is -0.469 e. The van der Waals surface area contributed by atoms with Gasteiger partial charge in [-0.1, -0.05) is 13.0 Å². The van der Waals surface area contributed by atoms with Crippen molar-refractivity contribution in [2.45, 2.75) is 33.1 Å². The van der Waals surface area contributed by atoms with Gasteiger partial charge in [-0.2, -0.15) is 0 Å². The summed E-state index contributed by atoms with van der Waals surface area (Å²) in [4.78, 5) is 10.9. The molecule has 0 aliphatic heterocycles. The van der Waals surface area contributed by atoms with E-state index in [1.54, 1.807) is 0 Å². The Morgan fingerprint density at radius 3 is 2.69 bits per heavy atom. The molecule has 0 aromatic heterocycles. The van der Waals surface area contributed by atoms with E-state index in [9.17, 15) is 4.79 Å². The number of esters is 1. The molecule has 0 aromatic rings. The van der Waals surface area contributed by atoms with Crippen LogP contribution in [0.15, 0.2) is 9.66 Å². The van der Waals surface area contributed by atoms with Gasteiger partial charge in [-0.3, -0.25) is 4.79 Å². The van der Waals surface area contributed by atoms with Crippen molar-refractivity contribution in [1.29, 1.82) is 0 Å². The predicted molar refractivity (Wildman–Crippen MR) is 62.8 cm³/mol. The molecule has 0 N–H and O–H groups in total. The molecule has 2 nitrogen and oxygen atoms in total. The van der Waals surface area contributed by atoms with E-state index in [0.29, 0.717) is 12.3 Å². The van der Waals surface area contributed by atoms with E-state index in [-0.39, 0.29) is 5.97 Å². The van der Waals surface area contributed by atoms with E-state index in [1.807, 2.05) is 0 Å². The summed E-state index contributed by atoms with van der Waals surface area (Å²) in [5.74, 6) is 0.308. The van der Waals surface area contributed by atoms with E-state index in [1.165, 1.54) is 10.7 Å². The maximum atomic E-state index is 10.9. The van der Waals surface area contributed by atoms with E-state index in [0.717, 1.165) is 12.8 Å². The Hall–Kier alpha value is -0.0600. The number of rotatable bonds is 5. The molecule has 0 saturated heterocycles. The standard InChI is InChI=1S/C10H17IO2/c1-8(7-10(12)13-3)5-4-6-9(2)11/h6,8H,4-5,7H2,1-3H3/b9-6+/t8-/m0/s1. The molecule has 76 valence electrons. The lowest BCUT2D eigenvalue weighted by atomic mass is 10.0. The lowest BCUT2D eigenvalue weighted by molar-refractivity contribution is -0.141. The van der Waals surface area contributed by atoms with Crippen LogP contribution in [0, 0.1) is 5.92 Å². The maximum absolute atomic E-state index is 10.9. The molecule has 1 atom stereocenters. The molecular formula is C10H17IO2. The summed E-state index contributed by atoms with van der Waals surface area (Å²) < 4.78 is 5.90. The number of halogens is 1. The van der Waals surface area contributed by atoms with Crippen molar-refractivity contribution in [3.8, 4) is 0 Å². The number of allylic oxidation sites excluding steroid dienone is 2. The molecule has 0 saturated carbocycles. The van der Waals surface area contributed by atoms with E-state index in [2.05, 4.69) is 47.3 Å². The van der Waals surface area contributed by atoms with E-state index >= 15 is 0 Å². The van der Waals surface area contributed by atoms with Gasteiger partial charge >= 0.3 is 5.97 Å². The number of carbonyl (C=O) groups excluding carboxylic acids is 1. The van der Waals surface area contributed by atoms with Crippen LogP contribution in [0.5, 0.6) is 0 Å². The highest BCUT2D eigenvalue weighted by Crippen LogP contribution is 2.13. The summed E-state index contributed by atoms with van der Waals surface area (Å²) >= 11 is 2.29. The number of methoxy groups -OCH3 is 1. The van der Waals surface area contributed by atoms with Gasteiger partial charge in [0, 0.05) is 6.42 Å². The number of carbonyl (C=O) groups is 1. The zero-order valence-corrected chi connectivity index (χ0v) is 10.6. The normalized spacial score (nSPS) is 14.0. The van der Waals surface area contributed by atoms with Crippen LogP contribution in [0.4, 0.5) is 0 Å². The summed E-state index contributed by atoms with van der Waals surface area (Å²) in [6.07, 6.45) is 4.82. The second-order valence-electron chi connectivity index (χ2n) is 3.25. The summed E-state index contributed by atoms with van der Waals surface area (Å²) in [5.41, 5.74) is 0. The zero-order chi connectivity index (χ0) is 10.3. The largest absolute Gasteiger partial charge is 0.469 e. The van der Waals surface area contributed by atoms with Crippen LogP contribution >= 0.6 is 22.6 Å². The molecule has 0 radical (unpaired) electrons. The summed E-state index contributed by atoms with van der Waals surface area (Å²) in [6, 6.07) is 0. The second kappa shape index (κ2) is 7.35. The van der Waals surface area contributed by atoms with Crippen LogP contribution in [0.1, 0.15) is 33.1 Å². The average molecular weight is 296 g/mol. The van der Waals surface area contributed by atoms with Gasteiger partial charge < -0.3 is 4.74 Å². The molecule has 0 unspecified atom stereocenters. The first-order valence-electron chi connectivity index (χ1n) is 4.45. The predicted octanol–water partition coefficient (Wildman–Crippen LogP) is 3.30. The zero-order valence-electron chi connectivity index (χ0n) is 8.47. The highest BCUT2D eigenvalue weighted by molar-refractivity contribution is 14.1. The maximum Gasteiger partial charge on any atom is 0.305 e. The Labute approximate surface area is 93.9 Å². The molecule has 0 rings (SSSR count). The first-order valence-corrected chi connectivity index (χ1v) is 5.53. The molecule has 0 aliphatic rings. The van der Waals surface area contributed by atoms with Crippen molar-refractivity contribution in [1.82, 2.24) is 0 Å². The van der Waals surface area contributed by atoms with Crippen LogP contribution in [0.25, 0.3) is 0 Å². The summed E-state index contributed by atoms with van der Waals surface area (Å²) in [5, 5.41) is 0. The lowest BCUT2D eigenvalue weighted by Gasteiger charge is -2.07. The summed E-state index contributed by atoms with van der Waals surface area (Å²) in [6.45, 7) is 4.15. The van der Waals surface area contributed by atoms with Gasteiger partial charge in [0.25, 0.3) is 0 Å². The molecular weight excluding hydrogens is 279 g/mol. The Morgan fingerprint density at radius 1 is 1.62 bits per heavy atom. The minimum absolute atomic E-state index is 0.109. The minimum atomic E-state index is -0.109. The van der Waals surface area contributed by atoms with Crippen LogP contribution in [0.2, 0.25) is 0 Å². The van der Waals surface area contributed by atoms with Gasteiger partial charge in [-0.05, 0) is 51.9 Å². The van der Waals surface area contributed by atoms with Crippen molar-refractivity contribution in [3.63, 3.8) is 0 Å². The van der Waals surface area contributed by atoms with Gasteiger partial charge in [-0.15, -0.1) is 0 Å². The topological polar surface area (TPSA) is 26.3 Å². The third kappa shape index (κ3) is 8.28. The molecule has 13 heavy (non-hydrogen) atoms. The van der Waals surface area contributed by atoms with Gasteiger partial charge in [0.05, 0.1) is 7.11 Å². The monoisotopic (exact) mass is 296 g/mol. The fraction of sp³-hybridized carbons (Fsp3) is 0.700. The van der Waals surface area contributed by atoms with Crippen molar-refractivity contribution >= 4 is 28.6 Å². The van der Waals surface area contributed by atoms with Gasteiger partial charge in [0.1, 0.15) is 0 Å². The number of hydrogen-bond donors (Lipinski definition) is 0. The van der Waals surface area contributed by atoms with E-state index in [4.69, 9.17) is 0 Å². The van der Waals surface area contributed by atoms with Crippen molar-refractivity contribution in [3.05, 3.63) is 9.66 Å². The molecule has 0 amide bonds. The Balaban J connectivity index is 3.57. The number of ether oxygens (including phenoxy) is 1. The second-order valence-corrected chi connectivity index (χ2v) is 4.96. The van der Waals surface area contributed by atoms with Crippen LogP contribution in [-0.4, -0.2) is 13.1 Å². The third-order valence-electron chi connectivity index (χ3n) is 1.83. The fourth-order valence-electron chi connectivity index (χ4n) is 1.04. The Kier molecular flexibility index (Phi) is 7.32. The van der Waals surface area contributed by atoms with Crippen LogP contribution in [0.3, 0.4) is 0 Å². The van der Waals surface area contributed by atoms with Crippen LogP contribution < -0.4 is 0 Å². The SMILES string of the molecule is COC(=O)C[C@@H](C)CC/C=C(\C)I. The highest BCUT2D eigenvalue weighted by Gasteiger charge is 2.07. The van der Waals surface area contributed by atoms with Crippen molar-refractivity contribution in [2.75, 3.05) is 7.11 Å². The molecule has 0 aliphatic carbocycles. The Morgan fingerprint density at radius 2 is 2.23 bits per heavy atom. The summed E-state index contributed by atoms with van der Waals surface area (Å²) in [7, 11) is 1.43. The van der Waals surface area contributed by atoms with Crippen molar-refractivity contribution in [2.24, 2.45) is 5.92 Å². The van der Waals surface area contributed by atoms with Crippen LogP contribution in [-0.2, 0) is 9.53 Å². The smallest absolute Gasteiger partial charge is 0.305 e. The van der Waals surface area contributed by atoms with Gasteiger partial charge in [0.2, 0.25) is 0 Å². The third-order valence-corrected chi connectivity index (χ3v) is 2.27.